The second kappa shape index (κ2) is 18.3. The molecule has 0 aromatic rings. The average molecular weight is 315 g/mol. The van der Waals surface area contributed by atoms with Crippen LogP contribution >= 0.6 is 0 Å². The van der Waals surface area contributed by atoms with Gasteiger partial charge in [-0.05, 0) is 12.8 Å². The fourth-order valence-electron chi connectivity index (χ4n) is 2.47. The summed E-state index contributed by atoms with van der Waals surface area (Å²) < 4.78 is 10.1. The zero-order valence-electron chi connectivity index (χ0n) is 15.0. The Hall–Kier alpha value is -0.730. The van der Waals surface area contributed by atoms with E-state index in [0.29, 0.717) is 13.2 Å². The highest BCUT2D eigenvalue weighted by molar-refractivity contribution is 5.59. The summed E-state index contributed by atoms with van der Waals surface area (Å²) in [6, 6.07) is 0. The van der Waals surface area contributed by atoms with Crippen LogP contribution in [0, 0.1) is 0 Å². The monoisotopic (exact) mass is 314 g/mol. The molecule has 0 amide bonds. The lowest BCUT2D eigenvalue weighted by atomic mass is 10.1. The van der Waals surface area contributed by atoms with Gasteiger partial charge in [0.15, 0.2) is 0 Å². The van der Waals surface area contributed by atoms with E-state index in [9.17, 15) is 4.79 Å². The van der Waals surface area contributed by atoms with Crippen LogP contribution in [0.3, 0.4) is 0 Å². The van der Waals surface area contributed by atoms with Crippen molar-refractivity contribution >= 4 is 6.16 Å². The Bertz CT molecular complexity index is 229. The van der Waals surface area contributed by atoms with Gasteiger partial charge >= 0.3 is 6.16 Å². The van der Waals surface area contributed by atoms with Gasteiger partial charge in [0.2, 0.25) is 0 Å². The van der Waals surface area contributed by atoms with Gasteiger partial charge in [-0.3, -0.25) is 0 Å². The molecule has 0 bridgehead atoms. The molecular formula is C19H38O3. The van der Waals surface area contributed by atoms with Gasteiger partial charge in [0.1, 0.15) is 0 Å². The van der Waals surface area contributed by atoms with E-state index in [-0.39, 0.29) is 0 Å². The fourth-order valence-corrected chi connectivity index (χ4v) is 2.47. The fraction of sp³-hybridized carbons (Fsp3) is 0.947. The molecule has 0 rings (SSSR count). The minimum atomic E-state index is -0.489. The maximum atomic E-state index is 11.3. The first-order chi connectivity index (χ1) is 10.8. The van der Waals surface area contributed by atoms with E-state index in [1.54, 1.807) is 0 Å². The van der Waals surface area contributed by atoms with Crippen molar-refractivity contribution in [2.75, 3.05) is 13.2 Å². The lowest BCUT2D eigenvalue weighted by Gasteiger charge is -2.06. The Labute approximate surface area is 138 Å². The van der Waals surface area contributed by atoms with E-state index in [0.717, 1.165) is 25.7 Å². The molecule has 0 saturated heterocycles. The van der Waals surface area contributed by atoms with E-state index < -0.39 is 6.16 Å². The molecule has 0 aliphatic rings. The lowest BCUT2D eigenvalue weighted by Crippen LogP contribution is -2.09. The zero-order chi connectivity index (χ0) is 16.3. The largest absolute Gasteiger partial charge is 0.508 e. The molecule has 0 fully saturated rings. The maximum absolute atomic E-state index is 11.3. The molecule has 0 saturated carbocycles. The van der Waals surface area contributed by atoms with Gasteiger partial charge < -0.3 is 9.47 Å². The van der Waals surface area contributed by atoms with Crippen molar-refractivity contribution in [1.82, 2.24) is 0 Å². The summed E-state index contributed by atoms with van der Waals surface area (Å²) in [4.78, 5) is 11.3. The third kappa shape index (κ3) is 17.3. The van der Waals surface area contributed by atoms with Crippen LogP contribution in [-0.2, 0) is 9.47 Å². The number of unbranched alkanes of at least 4 members (excludes halogenated alkanes) is 12. The Kier molecular flexibility index (Phi) is 17.7. The highest BCUT2D eigenvalue weighted by Gasteiger charge is 2.02. The molecule has 0 atom stereocenters. The predicted molar refractivity (Wildman–Crippen MR) is 93.3 cm³/mol. The summed E-state index contributed by atoms with van der Waals surface area (Å²) in [5.74, 6) is 0. The van der Waals surface area contributed by atoms with Crippen molar-refractivity contribution in [1.29, 1.82) is 0 Å². The Balaban J connectivity index is 3.13. The smallest absolute Gasteiger partial charge is 0.434 e. The van der Waals surface area contributed by atoms with Crippen molar-refractivity contribution in [3.8, 4) is 0 Å². The van der Waals surface area contributed by atoms with Crippen LogP contribution < -0.4 is 0 Å². The summed E-state index contributed by atoms with van der Waals surface area (Å²) in [7, 11) is 0. The summed E-state index contributed by atoms with van der Waals surface area (Å²) in [6.45, 7) is 5.46. The van der Waals surface area contributed by atoms with Crippen LogP contribution in [0.2, 0.25) is 0 Å². The standard InChI is InChI=1S/C19H38O3/c1-3-5-7-9-11-12-14-16-18-22-19(20)21-17-15-13-10-8-6-4-2/h3-18H2,1-2H3. The molecule has 0 radical (unpaired) electrons. The average Bonchev–Trinajstić information content (AvgIpc) is 2.52. The molecule has 0 heterocycles. The van der Waals surface area contributed by atoms with E-state index in [1.165, 1.54) is 64.2 Å². The van der Waals surface area contributed by atoms with Crippen LogP contribution in [-0.4, -0.2) is 19.4 Å². The molecule has 0 spiro atoms. The van der Waals surface area contributed by atoms with Crippen LogP contribution in [0.1, 0.15) is 104 Å². The molecule has 0 aromatic carbocycles. The Morgan fingerprint density at radius 2 is 0.864 bits per heavy atom. The number of ether oxygens (including phenoxy) is 2. The van der Waals surface area contributed by atoms with Gasteiger partial charge in [0.05, 0.1) is 13.2 Å². The van der Waals surface area contributed by atoms with Gasteiger partial charge in [0.25, 0.3) is 0 Å². The molecule has 0 N–H and O–H groups in total. The molecule has 3 heteroatoms. The number of hydrogen-bond donors (Lipinski definition) is 0. The first kappa shape index (κ1) is 21.3. The third-order valence-corrected chi connectivity index (χ3v) is 3.94. The van der Waals surface area contributed by atoms with Crippen molar-refractivity contribution in [3.05, 3.63) is 0 Å². The molecule has 0 unspecified atom stereocenters. The van der Waals surface area contributed by atoms with Crippen LogP contribution in [0.4, 0.5) is 4.79 Å². The number of hydrogen-bond acceptors (Lipinski definition) is 3. The van der Waals surface area contributed by atoms with Gasteiger partial charge in [0, 0.05) is 0 Å². The highest BCUT2D eigenvalue weighted by atomic mass is 16.7. The summed E-state index contributed by atoms with van der Waals surface area (Å²) in [5, 5.41) is 0. The second-order valence-electron chi connectivity index (χ2n) is 6.19. The van der Waals surface area contributed by atoms with Crippen LogP contribution in [0.15, 0.2) is 0 Å². The van der Waals surface area contributed by atoms with Gasteiger partial charge in [-0.2, -0.15) is 0 Å². The Morgan fingerprint density at radius 1 is 0.545 bits per heavy atom. The first-order valence-corrected chi connectivity index (χ1v) is 9.60. The van der Waals surface area contributed by atoms with E-state index in [1.807, 2.05) is 0 Å². The number of carbonyl (C=O) groups is 1. The van der Waals surface area contributed by atoms with Gasteiger partial charge in [-0.1, -0.05) is 90.9 Å². The van der Waals surface area contributed by atoms with Crippen molar-refractivity contribution in [2.45, 2.75) is 104 Å². The SMILES string of the molecule is CCCCCCCCCCOC(=O)OCCCCCCCC. The molecule has 0 aliphatic carbocycles. The van der Waals surface area contributed by atoms with E-state index >= 15 is 0 Å². The Morgan fingerprint density at radius 3 is 1.23 bits per heavy atom. The lowest BCUT2D eigenvalue weighted by molar-refractivity contribution is 0.0529. The number of rotatable bonds is 16. The molecule has 0 aromatic heterocycles. The quantitative estimate of drug-likeness (QED) is 0.236. The van der Waals surface area contributed by atoms with Gasteiger partial charge in [-0.25, -0.2) is 4.79 Å². The molecule has 22 heavy (non-hydrogen) atoms. The molecule has 132 valence electrons. The summed E-state index contributed by atoms with van der Waals surface area (Å²) in [5.41, 5.74) is 0. The van der Waals surface area contributed by atoms with Crippen molar-refractivity contribution < 1.29 is 14.3 Å². The molecule has 0 aliphatic heterocycles. The van der Waals surface area contributed by atoms with Crippen LogP contribution in [0.25, 0.3) is 0 Å². The summed E-state index contributed by atoms with van der Waals surface area (Å²) in [6.07, 6.45) is 16.7. The van der Waals surface area contributed by atoms with E-state index in [4.69, 9.17) is 9.47 Å². The van der Waals surface area contributed by atoms with Crippen molar-refractivity contribution in [2.24, 2.45) is 0 Å². The minimum Gasteiger partial charge on any atom is -0.434 e. The second-order valence-corrected chi connectivity index (χ2v) is 6.19. The predicted octanol–water partition coefficient (Wildman–Crippen LogP) is 6.64. The van der Waals surface area contributed by atoms with Crippen molar-refractivity contribution in [3.63, 3.8) is 0 Å². The normalized spacial score (nSPS) is 10.6. The first-order valence-electron chi connectivity index (χ1n) is 9.60. The van der Waals surface area contributed by atoms with E-state index in [2.05, 4.69) is 13.8 Å². The summed E-state index contributed by atoms with van der Waals surface area (Å²) >= 11 is 0. The zero-order valence-corrected chi connectivity index (χ0v) is 15.0. The number of carbonyl (C=O) groups excluding carboxylic acids is 1. The minimum absolute atomic E-state index is 0.489. The topological polar surface area (TPSA) is 35.5 Å². The van der Waals surface area contributed by atoms with Crippen LogP contribution in [0.5, 0.6) is 0 Å². The third-order valence-electron chi connectivity index (χ3n) is 3.94. The van der Waals surface area contributed by atoms with Gasteiger partial charge in [-0.15, -0.1) is 0 Å². The maximum Gasteiger partial charge on any atom is 0.508 e. The molecular weight excluding hydrogens is 276 g/mol. The molecule has 3 nitrogen and oxygen atoms in total. The highest BCUT2D eigenvalue weighted by Crippen LogP contribution is 2.08.